The van der Waals surface area contributed by atoms with Gasteiger partial charge >= 0.3 is 0 Å². The maximum Gasteiger partial charge on any atom is 0.253 e. The third kappa shape index (κ3) is 3.35. The van der Waals surface area contributed by atoms with Crippen molar-refractivity contribution < 1.29 is 9.59 Å². The second-order valence-electron chi connectivity index (χ2n) is 4.06. The van der Waals surface area contributed by atoms with Gasteiger partial charge in [0.2, 0.25) is 0 Å². The summed E-state index contributed by atoms with van der Waals surface area (Å²) in [5, 5.41) is -1.41. The van der Waals surface area contributed by atoms with E-state index in [4.69, 9.17) is 23.2 Å². The molecular weight excluding hydrogens is 295 g/mol. The van der Waals surface area contributed by atoms with E-state index in [0.29, 0.717) is 5.56 Å². The summed E-state index contributed by atoms with van der Waals surface area (Å²) in [7, 11) is 0. The van der Waals surface area contributed by atoms with E-state index in [2.05, 4.69) is 0 Å². The van der Waals surface area contributed by atoms with Crippen molar-refractivity contribution in [1.29, 1.82) is 0 Å². The topological polar surface area (TPSA) is 34.1 Å². The summed E-state index contributed by atoms with van der Waals surface area (Å²) < 4.78 is 0. The van der Waals surface area contributed by atoms with Crippen molar-refractivity contribution in [1.82, 2.24) is 0 Å². The zero-order valence-corrected chi connectivity index (χ0v) is 11.9. The van der Waals surface area contributed by atoms with E-state index in [1.165, 1.54) is 6.07 Å². The fourth-order valence-electron chi connectivity index (χ4n) is 1.84. The van der Waals surface area contributed by atoms with E-state index in [-0.39, 0.29) is 11.1 Å². The molecule has 2 aromatic carbocycles. The number of hydrogen-bond acceptors (Lipinski definition) is 2. The summed E-state index contributed by atoms with van der Waals surface area (Å²) in [5.74, 6) is 0. The van der Waals surface area contributed by atoms with Crippen LogP contribution in [0.5, 0.6) is 0 Å². The molecule has 0 aliphatic carbocycles. The van der Waals surface area contributed by atoms with E-state index >= 15 is 0 Å². The highest BCUT2D eigenvalue weighted by molar-refractivity contribution is 6.72. The molecule has 0 amide bonds. The first-order chi connectivity index (χ1) is 9.59. The first-order valence-corrected chi connectivity index (χ1v) is 6.61. The van der Waals surface area contributed by atoms with Gasteiger partial charge in [0, 0.05) is 5.56 Å². The molecular formula is C16H10Cl2O2. The van der Waals surface area contributed by atoms with Gasteiger partial charge in [0.25, 0.3) is 10.5 Å². The molecule has 0 saturated heterocycles. The quantitative estimate of drug-likeness (QED) is 0.610. The molecule has 0 aliphatic heterocycles. The number of rotatable bonds is 4. The van der Waals surface area contributed by atoms with Crippen molar-refractivity contribution >= 4 is 45.8 Å². The molecule has 0 unspecified atom stereocenters. The van der Waals surface area contributed by atoms with Gasteiger partial charge in [-0.2, -0.15) is 0 Å². The minimum absolute atomic E-state index is 0.113. The average molecular weight is 305 g/mol. The zero-order valence-electron chi connectivity index (χ0n) is 10.3. The predicted octanol–water partition coefficient (Wildman–Crippen LogP) is 4.62. The first kappa shape index (κ1) is 14.5. The van der Waals surface area contributed by atoms with E-state index in [1.807, 2.05) is 36.4 Å². The van der Waals surface area contributed by atoms with E-state index < -0.39 is 10.5 Å². The smallest absolute Gasteiger partial charge is 0.253 e. The number of hydrogen-bond donors (Lipinski definition) is 0. The van der Waals surface area contributed by atoms with E-state index in [9.17, 15) is 9.59 Å². The van der Waals surface area contributed by atoms with Gasteiger partial charge in [0.05, 0.1) is 5.56 Å². The Balaban J connectivity index is 2.47. The van der Waals surface area contributed by atoms with Crippen LogP contribution >= 0.6 is 23.2 Å². The van der Waals surface area contributed by atoms with Gasteiger partial charge in [-0.25, -0.2) is 0 Å². The van der Waals surface area contributed by atoms with Gasteiger partial charge in [-0.1, -0.05) is 54.6 Å². The maximum atomic E-state index is 11.5. The molecule has 0 bridgehead atoms. The molecule has 0 atom stereocenters. The Hall–Kier alpha value is -1.90. The minimum Gasteiger partial charge on any atom is -0.276 e. The SMILES string of the molecule is O=C(Cl)c1cccc(C=Cc2ccccc2)c1C(=O)Cl. The highest BCUT2D eigenvalue weighted by Crippen LogP contribution is 2.21. The van der Waals surface area contributed by atoms with E-state index in [0.717, 1.165) is 5.56 Å². The first-order valence-electron chi connectivity index (χ1n) is 5.85. The lowest BCUT2D eigenvalue weighted by Gasteiger charge is -2.05. The molecule has 4 heteroatoms. The monoisotopic (exact) mass is 304 g/mol. The standard InChI is InChI=1S/C16H10Cl2O2/c17-15(19)13-8-4-7-12(14(13)16(18)20)10-9-11-5-2-1-3-6-11/h1-10H. The normalized spacial score (nSPS) is 10.7. The molecule has 0 fully saturated rings. The maximum absolute atomic E-state index is 11.5. The van der Waals surface area contributed by atoms with Crippen LogP contribution in [-0.2, 0) is 0 Å². The van der Waals surface area contributed by atoms with Crippen molar-refractivity contribution in [3.63, 3.8) is 0 Å². The Bertz CT molecular complexity index is 676. The molecule has 0 heterocycles. The molecule has 2 rings (SSSR count). The molecule has 0 saturated carbocycles. The molecule has 0 aliphatic rings. The van der Waals surface area contributed by atoms with Crippen LogP contribution in [0.2, 0.25) is 0 Å². The summed E-state index contributed by atoms with van der Waals surface area (Å²) in [6.07, 6.45) is 3.56. The van der Waals surface area contributed by atoms with Crippen LogP contribution in [-0.4, -0.2) is 10.5 Å². The van der Waals surface area contributed by atoms with Crippen molar-refractivity contribution in [3.05, 3.63) is 70.8 Å². The predicted molar refractivity (Wildman–Crippen MR) is 82.2 cm³/mol. The van der Waals surface area contributed by atoms with Gasteiger partial charge < -0.3 is 0 Å². The van der Waals surface area contributed by atoms with Gasteiger partial charge in [0.15, 0.2) is 0 Å². The molecule has 0 radical (unpaired) electrons. The highest BCUT2D eigenvalue weighted by atomic mass is 35.5. The van der Waals surface area contributed by atoms with Crippen molar-refractivity contribution in [2.45, 2.75) is 0 Å². The number of carbonyl (C=O) groups is 2. The molecule has 2 aromatic rings. The number of benzene rings is 2. The average Bonchev–Trinajstić information content (AvgIpc) is 2.45. The Kier molecular flexibility index (Phi) is 4.72. The summed E-state index contributed by atoms with van der Waals surface area (Å²) in [6.45, 7) is 0. The largest absolute Gasteiger partial charge is 0.276 e. The van der Waals surface area contributed by atoms with Crippen LogP contribution in [0.15, 0.2) is 48.5 Å². The Morgan fingerprint density at radius 1 is 0.800 bits per heavy atom. The van der Waals surface area contributed by atoms with Crippen LogP contribution in [0.3, 0.4) is 0 Å². The van der Waals surface area contributed by atoms with Crippen molar-refractivity contribution in [2.75, 3.05) is 0 Å². The Morgan fingerprint density at radius 2 is 1.50 bits per heavy atom. The lowest BCUT2D eigenvalue weighted by molar-refractivity contribution is 0.105. The van der Waals surface area contributed by atoms with Crippen LogP contribution in [0.1, 0.15) is 31.8 Å². The molecule has 0 N–H and O–H groups in total. The molecule has 0 aromatic heterocycles. The minimum atomic E-state index is -0.706. The van der Waals surface area contributed by atoms with Gasteiger partial charge in [0.1, 0.15) is 0 Å². The van der Waals surface area contributed by atoms with E-state index in [1.54, 1.807) is 18.2 Å². The molecule has 20 heavy (non-hydrogen) atoms. The number of carbonyl (C=O) groups excluding carboxylic acids is 2. The fourth-order valence-corrected chi connectivity index (χ4v) is 2.21. The highest BCUT2D eigenvalue weighted by Gasteiger charge is 2.16. The summed E-state index contributed by atoms with van der Waals surface area (Å²) >= 11 is 11.0. The van der Waals surface area contributed by atoms with Gasteiger partial charge in [-0.05, 0) is 40.4 Å². The zero-order chi connectivity index (χ0) is 14.5. The molecule has 100 valence electrons. The lowest BCUT2D eigenvalue weighted by atomic mass is 10.0. The third-order valence-electron chi connectivity index (χ3n) is 2.76. The lowest BCUT2D eigenvalue weighted by Crippen LogP contribution is -2.03. The summed E-state index contributed by atoms with van der Waals surface area (Å²) in [5.41, 5.74) is 1.77. The van der Waals surface area contributed by atoms with Crippen LogP contribution in [0.25, 0.3) is 12.2 Å². The third-order valence-corrected chi connectivity index (χ3v) is 3.15. The van der Waals surface area contributed by atoms with Crippen LogP contribution in [0, 0.1) is 0 Å². The molecule has 0 spiro atoms. The van der Waals surface area contributed by atoms with Crippen molar-refractivity contribution in [2.24, 2.45) is 0 Å². The van der Waals surface area contributed by atoms with Crippen LogP contribution in [0.4, 0.5) is 0 Å². The molecule has 2 nitrogen and oxygen atoms in total. The van der Waals surface area contributed by atoms with Gasteiger partial charge in [-0.3, -0.25) is 9.59 Å². The fraction of sp³-hybridized carbons (Fsp3) is 0. The number of halogens is 2. The Morgan fingerprint density at radius 3 is 2.10 bits per heavy atom. The Labute approximate surface area is 126 Å². The summed E-state index contributed by atoms with van der Waals surface area (Å²) in [6, 6.07) is 14.4. The second kappa shape index (κ2) is 6.51. The van der Waals surface area contributed by atoms with Crippen molar-refractivity contribution in [3.8, 4) is 0 Å². The van der Waals surface area contributed by atoms with Crippen LogP contribution < -0.4 is 0 Å². The second-order valence-corrected chi connectivity index (χ2v) is 4.75. The summed E-state index contributed by atoms with van der Waals surface area (Å²) in [4.78, 5) is 22.9. The van der Waals surface area contributed by atoms with Gasteiger partial charge in [-0.15, -0.1) is 0 Å².